The van der Waals surface area contributed by atoms with Crippen molar-refractivity contribution < 1.29 is 4.74 Å². The summed E-state index contributed by atoms with van der Waals surface area (Å²) in [7, 11) is 3.60. The molecule has 0 saturated heterocycles. The van der Waals surface area contributed by atoms with Crippen molar-refractivity contribution in [1.82, 2.24) is 19.7 Å². The number of ether oxygens (including phenoxy) is 1. The molecule has 5 rings (SSSR count). The van der Waals surface area contributed by atoms with Crippen LogP contribution < -0.4 is 5.73 Å². The van der Waals surface area contributed by atoms with E-state index in [1.54, 1.807) is 34.9 Å². The summed E-state index contributed by atoms with van der Waals surface area (Å²) >= 11 is 3.35. The second-order valence-corrected chi connectivity index (χ2v) is 9.51. The molecule has 0 saturated carbocycles. The van der Waals surface area contributed by atoms with Gasteiger partial charge in [0.2, 0.25) is 0 Å². The number of aromatic nitrogens is 4. The van der Waals surface area contributed by atoms with Gasteiger partial charge in [-0.15, -0.1) is 23.1 Å². The number of hydrogen-bond acceptors (Lipinski definition) is 7. The Hall–Kier alpha value is -2.94. The lowest BCUT2D eigenvalue weighted by molar-refractivity contribution is 0.218. The number of benzene rings is 1. The number of nitrogen functional groups attached to an aromatic ring is 1. The molecule has 31 heavy (non-hydrogen) atoms. The fraction of sp³-hybridized carbons (Fsp3) is 0.174. The Kier molecular flexibility index (Phi) is 5.35. The highest BCUT2D eigenvalue weighted by Crippen LogP contribution is 2.45. The summed E-state index contributed by atoms with van der Waals surface area (Å²) in [5.41, 5.74) is 12.3. The monoisotopic (exact) mass is 447 g/mol. The van der Waals surface area contributed by atoms with E-state index in [-0.39, 0.29) is 0 Å². The lowest BCUT2D eigenvalue weighted by Crippen LogP contribution is -1.94. The molecule has 0 radical (unpaired) electrons. The number of thiophene rings is 1. The summed E-state index contributed by atoms with van der Waals surface area (Å²) in [5.74, 6) is 0.850. The summed E-state index contributed by atoms with van der Waals surface area (Å²) in [6.45, 7) is 0.680. The molecular weight excluding hydrogens is 426 g/mol. The van der Waals surface area contributed by atoms with E-state index in [0.29, 0.717) is 6.61 Å². The third-order valence-electron chi connectivity index (χ3n) is 5.14. The van der Waals surface area contributed by atoms with Crippen molar-refractivity contribution in [3.8, 4) is 22.4 Å². The molecule has 5 aromatic rings. The van der Waals surface area contributed by atoms with Gasteiger partial charge in [-0.2, -0.15) is 5.10 Å². The number of anilines is 1. The summed E-state index contributed by atoms with van der Waals surface area (Å²) in [5, 5.41) is 6.30. The Balaban J connectivity index is 1.70. The van der Waals surface area contributed by atoms with Gasteiger partial charge in [-0.1, -0.05) is 30.3 Å². The maximum atomic E-state index is 6.61. The lowest BCUT2D eigenvalue weighted by atomic mass is 10.0. The van der Waals surface area contributed by atoms with Gasteiger partial charge in [0.15, 0.2) is 5.65 Å². The molecule has 2 N–H and O–H groups in total. The molecule has 4 heterocycles. The van der Waals surface area contributed by atoms with Crippen molar-refractivity contribution in [3.05, 3.63) is 54.9 Å². The number of rotatable bonds is 6. The first-order chi connectivity index (χ1) is 15.2. The fourth-order valence-electron chi connectivity index (χ4n) is 3.60. The molecule has 6 nitrogen and oxygen atoms in total. The Morgan fingerprint density at radius 1 is 1.13 bits per heavy atom. The highest BCUT2D eigenvalue weighted by Gasteiger charge is 2.18. The Bertz CT molecular complexity index is 1380. The standard InChI is InChI=1S/C23H21N5OS2/c1-28-21-16(13-26-28)10-15(12-25-21)18-11-17(14-6-4-3-5-7-14)19-20(24)23(30-9-8-29-2)31-22(19)27-18/h3-7,10-13H,8-9,24H2,1-2H3. The molecule has 0 atom stereocenters. The van der Waals surface area contributed by atoms with Crippen LogP contribution in [0.5, 0.6) is 0 Å². The molecule has 156 valence electrons. The SMILES string of the molecule is COCCSc1sc2nc(-c3cnc4c(cnn4C)c3)cc(-c3ccccc3)c2c1N. The van der Waals surface area contributed by atoms with Crippen LogP contribution in [0.25, 0.3) is 43.6 Å². The Morgan fingerprint density at radius 3 is 2.77 bits per heavy atom. The van der Waals surface area contributed by atoms with Crippen molar-refractivity contribution in [1.29, 1.82) is 0 Å². The van der Waals surface area contributed by atoms with E-state index < -0.39 is 0 Å². The third-order valence-corrected chi connectivity index (χ3v) is 7.49. The first-order valence-electron chi connectivity index (χ1n) is 9.84. The zero-order valence-corrected chi connectivity index (χ0v) is 18.8. The zero-order valence-electron chi connectivity index (χ0n) is 17.2. The maximum absolute atomic E-state index is 6.61. The van der Waals surface area contributed by atoms with E-state index in [1.165, 1.54) is 0 Å². The summed E-state index contributed by atoms with van der Waals surface area (Å²) in [6.07, 6.45) is 3.69. The molecule has 1 aromatic carbocycles. The molecule has 4 aromatic heterocycles. The minimum Gasteiger partial charge on any atom is -0.397 e. The molecule has 8 heteroatoms. The number of thioether (sulfide) groups is 1. The number of methoxy groups -OCH3 is 1. The predicted molar refractivity (Wildman–Crippen MR) is 130 cm³/mol. The molecule has 0 fully saturated rings. The van der Waals surface area contributed by atoms with Crippen LogP contribution in [0.1, 0.15) is 0 Å². The molecule has 0 aliphatic carbocycles. The Labute approximate surface area is 188 Å². The number of fused-ring (bicyclic) bond motifs is 2. The zero-order chi connectivity index (χ0) is 21.4. The highest BCUT2D eigenvalue weighted by atomic mass is 32.2. The van der Waals surface area contributed by atoms with Gasteiger partial charge in [0.05, 0.1) is 28.4 Å². The van der Waals surface area contributed by atoms with Crippen LogP contribution in [-0.2, 0) is 11.8 Å². The quantitative estimate of drug-likeness (QED) is 0.284. The minimum atomic E-state index is 0.680. The first-order valence-corrected chi connectivity index (χ1v) is 11.6. The van der Waals surface area contributed by atoms with Crippen molar-refractivity contribution in [2.45, 2.75) is 4.21 Å². The largest absolute Gasteiger partial charge is 0.397 e. The predicted octanol–water partition coefficient (Wildman–Crippen LogP) is 5.23. The van der Waals surface area contributed by atoms with Gasteiger partial charge in [-0.05, 0) is 23.3 Å². The molecule has 0 bridgehead atoms. The van der Waals surface area contributed by atoms with E-state index in [1.807, 2.05) is 37.6 Å². The number of pyridine rings is 2. The van der Waals surface area contributed by atoms with Crippen LogP contribution >= 0.6 is 23.1 Å². The van der Waals surface area contributed by atoms with Crippen molar-refractivity contribution >= 4 is 50.0 Å². The van der Waals surface area contributed by atoms with E-state index in [9.17, 15) is 0 Å². The molecule has 0 aliphatic heterocycles. The molecule has 0 aliphatic rings. The van der Waals surface area contributed by atoms with Crippen molar-refractivity contribution in [2.75, 3.05) is 25.2 Å². The molecule has 0 unspecified atom stereocenters. The second-order valence-electron chi connectivity index (χ2n) is 7.15. The van der Waals surface area contributed by atoms with Crippen molar-refractivity contribution in [2.24, 2.45) is 7.05 Å². The second kappa shape index (κ2) is 8.30. The molecular formula is C23H21N5OS2. The molecule has 0 spiro atoms. The van der Waals surface area contributed by atoms with E-state index in [0.717, 1.165) is 59.3 Å². The lowest BCUT2D eigenvalue weighted by Gasteiger charge is -2.09. The Morgan fingerprint density at radius 2 is 1.97 bits per heavy atom. The number of hydrogen-bond donors (Lipinski definition) is 1. The van der Waals surface area contributed by atoms with Gasteiger partial charge in [0, 0.05) is 42.4 Å². The van der Waals surface area contributed by atoms with Crippen LogP contribution in [0, 0.1) is 0 Å². The normalized spacial score (nSPS) is 11.5. The van der Waals surface area contributed by atoms with Gasteiger partial charge in [0.25, 0.3) is 0 Å². The van der Waals surface area contributed by atoms with Crippen LogP contribution in [0.15, 0.2) is 59.1 Å². The smallest absolute Gasteiger partial charge is 0.157 e. The van der Waals surface area contributed by atoms with E-state index in [4.69, 9.17) is 15.5 Å². The summed E-state index contributed by atoms with van der Waals surface area (Å²) in [4.78, 5) is 10.5. The number of nitrogens with zero attached hydrogens (tertiary/aromatic N) is 4. The van der Waals surface area contributed by atoms with Crippen LogP contribution in [-0.4, -0.2) is 39.2 Å². The highest BCUT2D eigenvalue weighted by molar-refractivity contribution is 8.01. The maximum Gasteiger partial charge on any atom is 0.157 e. The van der Waals surface area contributed by atoms with Gasteiger partial charge in [-0.25, -0.2) is 9.97 Å². The first kappa shape index (κ1) is 20.0. The average Bonchev–Trinajstić information content (AvgIpc) is 3.33. The van der Waals surface area contributed by atoms with Gasteiger partial charge < -0.3 is 10.5 Å². The van der Waals surface area contributed by atoms with Gasteiger partial charge >= 0.3 is 0 Å². The number of aryl methyl sites for hydroxylation is 1. The van der Waals surface area contributed by atoms with Gasteiger partial charge in [-0.3, -0.25) is 4.68 Å². The third kappa shape index (κ3) is 3.67. The number of nitrogens with two attached hydrogens (primary N) is 1. The van der Waals surface area contributed by atoms with E-state index >= 15 is 0 Å². The average molecular weight is 448 g/mol. The summed E-state index contributed by atoms with van der Waals surface area (Å²) < 4.78 is 8.05. The topological polar surface area (TPSA) is 78.9 Å². The van der Waals surface area contributed by atoms with E-state index in [2.05, 4.69) is 34.3 Å². The van der Waals surface area contributed by atoms with Crippen LogP contribution in [0.4, 0.5) is 5.69 Å². The fourth-order valence-corrected chi connectivity index (χ4v) is 5.87. The van der Waals surface area contributed by atoms with Gasteiger partial charge in [0.1, 0.15) is 4.83 Å². The van der Waals surface area contributed by atoms with Crippen LogP contribution in [0.3, 0.4) is 0 Å². The summed E-state index contributed by atoms with van der Waals surface area (Å²) in [6, 6.07) is 14.5. The van der Waals surface area contributed by atoms with Crippen LogP contribution in [0.2, 0.25) is 0 Å². The minimum absolute atomic E-state index is 0.680. The molecule has 0 amide bonds. The van der Waals surface area contributed by atoms with Crippen molar-refractivity contribution in [3.63, 3.8) is 0 Å².